The molecule has 1 N–H and O–H groups in total. The number of nitrogens with zero attached hydrogens (tertiary/aromatic N) is 6. The lowest BCUT2D eigenvalue weighted by Crippen LogP contribution is -2.71. The van der Waals surface area contributed by atoms with Crippen LogP contribution in [-0.2, 0) is 22.6 Å². The minimum Gasteiger partial charge on any atom is -0.375 e. The minimum atomic E-state index is -0.686. The highest BCUT2D eigenvalue weighted by molar-refractivity contribution is 6.08. The normalized spacial score (nSPS) is 16.9. The molecule has 31 heavy (non-hydrogen) atoms. The summed E-state index contributed by atoms with van der Waals surface area (Å²) in [5.74, 6) is 0.896. The van der Waals surface area contributed by atoms with E-state index in [2.05, 4.69) is 20.4 Å². The summed E-state index contributed by atoms with van der Waals surface area (Å²) in [5.41, 5.74) is 1.92. The second kappa shape index (κ2) is 7.31. The smallest absolute Gasteiger partial charge is 0.257 e. The molecule has 3 aromatic rings. The van der Waals surface area contributed by atoms with Crippen LogP contribution in [0.2, 0.25) is 0 Å². The molecule has 1 fully saturated rings. The fourth-order valence-corrected chi connectivity index (χ4v) is 3.86. The number of carbonyl (C=O) groups is 1. The van der Waals surface area contributed by atoms with Crippen LogP contribution in [0.5, 0.6) is 0 Å². The van der Waals surface area contributed by atoms with Crippen molar-refractivity contribution >= 4 is 23.4 Å². The Kier molecular flexibility index (Phi) is 4.58. The highest BCUT2D eigenvalue weighted by Gasteiger charge is 2.55. The van der Waals surface area contributed by atoms with E-state index in [9.17, 15) is 9.18 Å². The molecular weight excluding hydrogens is 401 g/mol. The van der Waals surface area contributed by atoms with Gasteiger partial charge in [-0.3, -0.25) is 9.48 Å². The first kappa shape index (κ1) is 19.4. The lowest BCUT2D eigenvalue weighted by Gasteiger charge is -2.51. The lowest BCUT2D eigenvalue weighted by molar-refractivity contribution is -0.141. The monoisotopic (exact) mass is 423 g/mol. The van der Waals surface area contributed by atoms with Crippen molar-refractivity contribution in [2.75, 3.05) is 42.4 Å². The second-order valence-corrected chi connectivity index (χ2v) is 7.88. The fourth-order valence-electron chi connectivity index (χ4n) is 3.86. The molecule has 1 saturated heterocycles. The Morgan fingerprint density at radius 1 is 1.16 bits per heavy atom. The molecule has 2 aliphatic heterocycles. The molecule has 0 atom stereocenters. The van der Waals surface area contributed by atoms with Gasteiger partial charge < -0.3 is 19.9 Å². The second-order valence-electron chi connectivity index (χ2n) is 7.88. The van der Waals surface area contributed by atoms with Crippen molar-refractivity contribution in [1.82, 2.24) is 19.7 Å². The average Bonchev–Trinajstić information content (AvgIpc) is 3.19. The Bertz CT molecular complexity index is 1130. The van der Waals surface area contributed by atoms with Crippen LogP contribution in [0.1, 0.15) is 11.1 Å². The number of benzene rings is 1. The number of rotatable bonds is 5. The summed E-state index contributed by atoms with van der Waals surface area (Å²) in [4.78, 5) is 25.3. The van der Waals surface area contributed by atoms with Crippen molar-refractivity contribution in [3.8, 4) is 0 Å². The number of hydrogen-bond acceptors (Lipinski definition) is 7. The third-order valence-electron chi connectivity index (χ3n) is 5.85. The third kappa shape index (κ3) is 3.28. The zero-order chi connectivity index (χ0) is 21.6. The molecular formula is C21H22FN7O2. The molecule has 2 aromatic heterocycles. The van der Waals surface area contributed by atoms with Gasteiger partial charge in [0.05, 0.1) is 32.2 Å². The predicted octanol–water partition coefficient (Wildman–Crippen LogP) is 1.65. The maximum atomic E-state index is 13.1. The number of amides is 1. The number of likely N-dealkylation sites (N-methyl/N-ethyl adjacent to an activating group) is 2. The summed E-state index contributed by atoms with van der Waals surface area (Å²) < 4.78 is 20.2. The summed E-state index contributed by atoms with van der Waals surface area (Å²) in [7, 11) is 3.60. The van der Waals surface area contributed by atoms with Crippen LogP contribution in [0.25, 0.3) is 0 Å². The Balaban J connectivity index is 1.28. The summed E-state index contributed by atoms with van der Waals surface area (Å²) in [6, 6.07) is 6.37. The van der Waals surface area contributed by atoms with Crippen LogP contribution in [0.15, 0.2) is 42.9 Å². The molecule has 2 aliphatic rings. The van der Waals surface area contributed by atoms with Gasteiger partial charge in [0.1, 0.15) is 11.5 Å². The topological polar surface area (TPSA) is 88.4 Å². The van der Waals surface area contributed by atoms with Crippen molar-refractivity contribution in [3.05, 3.63) is 59.8 Å². The van der Waals surface area contributed by atoms with Gasteiger partial charge in [0.2, 0.25) is 5.95 Å². The first-order chi connectivity index (χ1) is 15.0. The van der Waals surface area contributed by atoms with Crippen LogP contribution in [0, 0.1) is 5.82 Å². The van der Waals surface area contributed by atoms with Crippen LogP contribution >= 0.6 is 0 Å². The molecule has 10 heteroatoms. The molecule has 0 saturated carbocycles. The van der Waals surface area contributed by atoms with E-state index in [1.54, 1.807) is 41.2 Å². The van der Waals surface area contributed by atoms with E-state index in [0.717, 1.165) is 11.1 Å². The lowest BCUT2D eigenvalue weighted by atomic mass is 9.91. The van der Waals surface area contributed by atoms with E-state index in [0.29, 0.717) is 43.8 Å². The Labute approximate surface area is 178 Å². The van der Waals surface area contributed by atoms with Crippen molar-refractivity contribution in [1.29, 1.82) is 0 Å². The molecule has 1 spiro atoms. The predicted molar refractivity (Wildman–Crippen MR) is 112 cm³/mol. The van der Waals surface area contributed by atoms with Gasteiger partial charge in [0.25, 0.3) is 5.91 Å². The number of anilines is 3. The molecule has 0 bridgehead atoms. The van der Waals surface area contributed by atoms with Gasteiger partial charge >= 0.3 is 0 Å². The average molecular weight is 423 g/mol. The number of halogens is 1. The largest absolute Gasteiger partial charge is 0.375 e. The van der Waals surface area contributed by atoms with E-state index < -0.39 is 5.54 Å². The van der Waals surface area contributed by atoms with Crippen molar-refractivity contribution in [2.45, 2.75) is 18.6 Å². The molecule has 9 nitrogen and oxygen atoms in total. The van der Waals surface area contributed by atoms with Crippen molar-refractivity contribution < 1.29 is 13.9 Å². The molecule has 0 unspecified atom stereocenters. The van der Waals surface area contributed by atoms with E-state index in [1.165, 1.54) is 12.1 Å². The first-order valence-corrected chi connectivity index (χ1v) is 9.93. The van der Waals surface area contributed by atoms with E-state index in [1.807, 2.05) is 18.1 Å². The zero-order valence-corrected chi connectivity index (χ0v) is 17.2. The van der Waals surface area contributed by atoms with Crippen LogP contribution in [-0.4, -0.2) is 58.5 Å². The van der Waals surface area contributed by atoms with Gasteiger partial charge in [-0.15, -0.1) is 0 Å². The van der Waals surface area contributed by atoms with Gasteiger partial charge in [-0.1, -0.05) is 12.1 Å². The number of fused-ring (bicyclic) bond motifs is 1. The number of carbonyl (C=O) groups excluding carboxylic acids is 1. The Hall–Kier alpha value is -3.53. The zero-order valence-electron chi connectivity index (χ0n) is 17.2. The Morgan fingerprint density at radius 2 is 1.94 bits per heavy atom. The molecule has 0 aliphatic carbocycles. The number of ether oxygens (including phenoxy) is 1. The van der Waals surface area contributed by atoms with E-state index in [4.69, 9.17) is 4.74 Å². The molecule has 5 rings (SSSR count). The molecule has 1 aromatic carbocycles. The van der Waals surface area contributed by atoms with Gasteiger partial charge in [-0.05, 0) is 17.7 Å². The quantitative estimate of drug-likeness (QED) is 0.668. The number of hydrogen-bond donors (Lipinski definition) is 1. The van der Waals surface area contributed by atoms with E-state index >= 15 is 0 Å². The van der Waals surface area contributed by atoms with Gasteiger partial charge in [-0.25, -0.2) is 9.37 Å². The molecule has 1 amide bonds. The number of aromatic nitrogens is 4. The summed E-state index contributed by atoms with van der Waals surface area (Å²) >= 11 is 0. The maximum Gasteiger partial charge on any atom is 0.257 e. The molecule has 160 valence electrons. The Morgan fingerprint density at radius 3 is 2.65 bits per heavy atom. The summed E-state index contributed by atoms with van der Waals surface area (Å²) in [5, 5.41) is 7.58. The highest BCUT2D eigenvalue weighted by Crippen LogP contribution is 2.40. The minimum absolute atomic E-state index is 0.00775. The summed E-state index contributed by atoms with van der Waals surface area (Å²) in [6.07, 6.45) is 5.35. The van der Waals surface area contributed by atoms with Crippen molar-refractivity contribution in [3.63, 3.8) is 0 Å². The standard InChI is InChI=1S/C21H22FN7O2/c1-27-17-9-24-20(26-18(17)28(2)21(19(27)30)12-31-13-21)23-7-15-8-25-29(11-15)10-14-3-5-16(22)6-4-14/h3-6,8-9,11H,7,10,12-13H2,1-2H3,(H,23,24,26). The SMILES string of the molecule is CN1C(=O)C2(COC2)N(C)c2nc(NCc3cnn(Cc4ccc(F)cc4)c3)ncc21. The molecule has 4 heterocycles. The maximum absolute atomic E-state index is 13.1. The first-order valence-electron chi connectivity index (χ1n) is 9.93. The van der Waals surface area contributed by atoms with Crippen molar-refractivity contribution in [2.24, 2.45) is 0 Å². The molecule has 0 radical (unpaired) electrons. The van der Waals surface area contributed by atoms with Gasteiger partial charge in [0.15, 0.2) is 11.4 Å². The van der Waals surface area contributed by atoms with Gasteiger partial charge in [0, 0.05) is 32.4 Å². The van der Waals surface area contributed by atoms with Crippen LogP contribution in [0.4, 0.5) is 21.8 Å². The van der Waals surface area contributed by atoms with Gasteiger partial charge in [-0.2, -0.15) is 10.1 Å². The summed E-state index contributed by atoms with van der Waals surface area (Å²) in [6.45, 7) is 1.76. The van der Waals surface area contributed by atoms with Crippen LogP contribution in [0.3, 0.4) is 0 Å². The number of nitrogens with one attached hydrogen (secondary N) is 1. The van der Waals surface area contributed by atoms with Crippen LogP contribution < -0.4 is 15.1 Å². The third-order valence-corrected chi connectivity index (χ3v) is 5.85. The van der Waals surface area contributed by atoms with E-state index in [-0.39, 0.29) is 11.7 Å². The highest BCUT2D eigenvalue weighted by atomic mass is 19.1. The fraction of sp³-hybridized carbons (Fsp3) is 0.333.